The smallest absolute Gasteiger partial charge is 0.202 e. The Bertz CT molecular complexity index is 292. The molecule has 1 aliphatic rings. The van der Waals surface area contributed by atoms with Crippen molar-refractivity contribution in [1.29, 1.82) is 0 Å². The Morgan fingerprint density at radius 1 is 1.43 bits per heavy atom. The van der Waals surface area contributed by atoms with Crippen LogP contribution >= 0.6 is 0 Å². The summed E-state index contributed by atoms with van der Waals surface area (Å²) in [5.41, 5.74) is 0. The minimum atomic E-state index is 0.616. The molecule has 1 heterocycles. The van der Waals surface area contributed by atoms with E-state index in [9.17, 15) is 0 Å². The minimum absolute atomic E-state index is 0.616. The highest BCUT2D eigenvalue weighted by atomic mass is 15.2. The molecule has 0 saturated heterocycles. The zero-order valence-electron chi connectivity index (χ0n) is 9.03. The number of anilines is 1. The van der Waals surface area contributed by atoms with Crippen LogP contribution in [0.4, 0.5) is 5.95 Å². The molecule has 78 valence electrons. The fourth-order valence-electron chi connectivity index (χ4n) is 2.20. The van der Waals surface area contributed by atoms with E-state index in [2.05, 4.69) is 17.2 Å². The first kappa shape index (κ1) is 9.56. The van der Waals surface area contributed by atoms with Gasteiger partial charge in [-0.3, -0.25) is 0 Å². The number of hydrogen-bond acceptors (Lipinski definition) is 2. The molecule has 1 aromatic heterocycles. The Kier molecular flexibility index (Phi) is 2.75. The van der Waals surface area contributed by atoms with Gasteiger partial charge in [-0.05, 0) is 18.8 Å². The van der Waals surface area contributed by atoms with E-state index >= 15 is 0 Å². The third-order valence-electron chi connectivity index (χ3n) is 3.25. The van der Waals surface area contributed by atoms with Crippen molar-refractivity contribution in [2.24, 2.45) is 13.0 Å². The van der Waals surface area contributed by atoms with Gasteiger partial charge in [0.15, 0.2) is 0 Å². The van der Waals surface area contributed by atoms with Gasteiger partial charge in [-0.15, -0.1) is 0 Å². The molecule has 0 bridgehead atoms. The van der Waals surface area contributed by atoms with Gasteiger partial charge in [-0.2, -0.15) is 0 Å². The Labute approximate surface area is 85.5 Å². The summed E-state index contributed by atoms with van der Waals surface area (Å²) in [6, 6.07) is 0.616. The Morgan fingerprint density at radius 2 is 2.21 bits per heavy atom. The van der Waals surface area contributed by atoms with Crippen LogP contribution in [-0.2, 0) is 7.05 Å². The number of nitrogens with zero attached hydrogens (tertiary/aromatic N) is 2. The van der Waals surface area contributed by atoms with Crippen molar-refractivity contribution in [2.75, 3.05) is 5.32 Å². The standard InChI is InChI=1S/C11H19N3/c1-9-5-3-4-6-10(9)13-11-12-7-8-14(11)2/h7-10H,3-6H2,1-2H3,(H,12,13). The SMILES string of the molecule is CC1CCCCC1Nc1nccn1C. The second-order valence-electron chi connectivity index (χ2n) is 4.37. The Morgan fingerprint density at radius 3 is 2.86 bits per heavy atom. The monoisotopic (exact) mass is 193 g/mol. The largest absolute Gasteiger partial charge is 0.353 e. The summed E-state index contributed by atoms with van der Waals surface area (Å²) in [5, 5.41) is 3.53. The van der Waals surface area contributed by atoms with E-state index in [1.165, 1.54) is 25.7 Å². The van der Waals surface area contributed by atoms with E-state index in [4.69, 9.17) is 0 Å². The van der Waals surface area contributed by atoms with Crippen LogP contribution in [0, 0.1) is 5.92 Å². The lowest BCUT2D eigenvalue weighted by molar-refractivity contribution is 0.348. The van der Waals surface area contributed by atoms with Gasteiger partial charge in [0.1, 0.15) is 0 Å². The molecule has 0 aromatic carbocycles. The van der Waals surface area contributed by atoms with Gasteiger partial charge in [-0.25, -0.2) is 4.98 Å². The van der Waals surface area contributed by atoms with Gasteiger partial charge < -0.3 is 9.88 Å². The van der Waals surface area contributed by atoms with Crippen LogP contribution in [0.5, 0.6) is 0 Å². The normalized spacial score (nSPS) is 27.6. The third kappa shape index (κ3) is 1.91. The number of aryl methyl sites for hydroxylation is 1. The predicted octanol–water partition coefficient (Wildman–Crippen LogP) is 2.41. The molecule has 0 aliphatic heterocycles. The van der Waals surface area contributed by atoms with Crippen LogP contribution in [0.15, 0.2) is 12.4 Å². The van der Waals surface area contributed by atoms with Crippen LogP contribution in [0.25, 0.3) is 0 Å². The summed E-state index contributed by atoms with van der Waals surface area (Å²) < 4.78 is 2.04. The molecule has 0 spiro atoms. The zero-order valence-corrected chi connectivity index (χ0v) is 9.03. The molecule has 1 N–H and O–H groups in total. The van der Waals surface area contributed by atoms with E-state index in [1.54, 1.807) is 0 Å². The van der Waals surface area contributed by atoms with Crippen LogP contribution in [0.3, 0.4) is 0 Å². The summed E-state index contributed by atoms with van der Waals surface area (Å²) in [7, 11) is 2.03. The zero-order chi connectivity index (χ0) is 9.97. The fourth-order valence-corrected chi connectivity index (χ4v) is 2.20. The number of hydrogen-bond donors (Lipinski definition) is 1. The quantitative estimate of drug-likeness (QED) is 0.781. The molecule has 3 nitrogen and oxygen atoms in total. The maximum Gasteiger partial charge on any atom is 0.202 e. The lowest BCUT2D eigenvalue weighted by atomic mass is 9.86. The van der Waals surface area contributed by atoms with Crippen LogP contribution in [0.1, 0.15) is 32.6 Å². The Balaban J connectivity index is 1.99. The molecule has 1 fully saturated rings. The second-order valence-corrected chi connectivity index (χ2v) is 4.37. The van der Waals surface area contributed by atoms with Crippen molar-refractivity contribution in [2.45, 2.75) is 38.6 Å². The number of aromatic nitrogens is 2. The van der Waals surface area contributed by atoms with Gasteiger partial charge in [0.25, 0.3) is 0 Å². The average Bonchev–Trinajstić information content (AvgIpc) is 2.56. The molecule has 0 radical (unpaired) electrons. The topological polar surface area (TPSA) is 29.9 Å². The van der Waals surface area contributed by atoms with Crippen molar-refractivity contribution in [3.63, 3.8) is 0 Å². The summed E-state index contributed by atoms with van der Waals surface area (Å²) in [6.07, 6.45) is 9.20. The summed E-state index contributed by atoms with van der Waals surface area (Å²) >= 11 is 0. The van der Waals surface area contributed by atoms with Crippen LogP contribution in [0.2, 0.25) is 0 Å². The lowest BCUT2D eigenvalue weighted by Gasteiger charge is -2.29. The molecule has 1 saturated carbocycles. The molecule has 0 amide bonds. The van der Waals surface area contributed by atoms with Crippen molar-refractivity contribution in [3.05, 3.63) is 12.4 Å². The molecule has 2 rings (SSSR count). The van der Waals surface area contributed by atoms with E-state index in [0.29, 0.717) is 6.04 Å². The van der Waals surface area contributed by atoms with Crippen molar-refractivity contribution < 1.29 is 0 Å². The van der Waals surface area contributed by atoms with Crippen molar-refractivity contribution in [3.8, 4) is 0 Å². The molecule has 1 aliphatic carbocycles. The van der Waals surface area contributed by atoms with Gasteiger partial charge >= 0.3 is 0 Å². The van der Waals surface area contributed by atoms with Crippen LogP contribution < -0.4 is 5.32 Å². The van der Waals surface area contributed by atoms with Gasteiger partial charge in [0.05, 0.1) is 0 Å². The molecule has 1 aromatic rings. The Hall–Kier alpha value is -0.990. The van der Waals surface area contributed by atoms with E-state index < -0.39 is 0 Å². The van der Waals surface area contributed by atoms with E-state index in [-0.39, 0.29) is 0 Å². The highest BCUT2D eigenvalue weighted by Gasteiger charge is 2.21. The maximum atomic E-state index is 4.30. The first-order valence-corrected chi connectivity index (χ1v) is 5.51. The van der Waals surface area contributed by atoms with E-state index in [0.717, 1.165) is 11.9 Å². The highest BCUT2D eigenvalue weighted by Crippen LogP contribution is 2.25. The summed E-state index contributed by atoms with van der Waals surface area (Å²) in [5.74, 6) is 1.78. The molecule has 2 atom stereocenters. The van der Waals surface area contributed by atoms with Gasteiger partial charge in [0, 0.05) is 25.5 Å². The maximum absolute atomic E-state index is 4.30. The average molecular weight is 193 g/mol. The number of imidazole rings is 1. The number of nitrogens with one attached hydrogen (secondary N) is 1. The van der Waals surface area contributed by atoms with E-state index in [1.807, 2.05) is 24.0 Å². The highest BCUT2D eigenvalue weighted by molar-refractivity contribution is 5.27. The van der Waals surface area contributed by atoms with Crippen LogP contribution in [-0.4, -0.2) is 15.6 Å². The fraction of sp³-hybridized carbons (Fsp3) is 0.727. The summed E-state index contributed by atoms with van der Waals surface area (Å²) in [6.45, 7) is 2.33. The molecule has 3 heteroatoms. The molecule has 14 heavy (non-hydrogen) atoms. The third-order valence-corrected chi connectivity index (χ3v) is 3.25. The lowest BCUT2D eigenvalue weighted by Crippen LogP contribution is -2.31. The molecular formula is C11H19N3. The predicted molar refractivity (Wildman–Crippen MR) is 58.3 cm³/mol. The minimum Gasteiger partial charge on any atom is -0.353 e. The van der Waals surface area contributed by atoms with Gasteiger partial charge in [0.2, 0.25) is 5.95 Å². The van der Waals surface area contributed by atoms with Crippen molar-refractivity contribution in [1.82, 2.24) is 9.55 Å². The first-order valence-electron chi connectivity index (χ1n) is 5.51. The number of rotatable bonds is 2. The summed E-state index contributed by atoms with van der Waals surface area (Å²) in [4.78, 5) is 4.30. The van der Waals surface area contributed by atoms with Crippen molar-refractivity contribution >= 4 is 5.95 Å². The second kappa shape index (κ2) is 4.03. The molecule has 2 unspecified atom stereocenters. The molecular weight excluding hydrogens is 174 g/mol. The first-order chi connectivity index (χ1) is 6.77. The van der Waals surface area contributed by atoms with Gasteiger partial charge in [-0.1, -0.05) is 19.8 Å².